The SMILES string of the molecule is CCCCC(CC)NC1CCC(C)C1. The third-order valence-corrected chi connectivity index (χ3v) is 3.57. The van der Waals surface area contributed by atoms with Crippen LogP contribution in [-0.4, -0.2) is 12.1 Å². The first-order valence-corrected chi connectivity index (χ1v) is 6.52. The van der Waals surface area contributed by atoms with Crippen molar-refractivity contribution in [2.24, 2.45) is 5.92 Å². The van der Waals surface area contributed by atoms with Crippen molar-refractivity contribution in [3.63, 3.8) is 0 Å². The molecule has 0 radical (unpaired) electrons. The van der Waals surface area contributed by atoms with E-state index in [-0.39, 0.29) is 0 Å². The summed E-state index contributed by atoms with van der Waals surface area (Å²) in [5.41, 5.74) is 0. The van der Waals surface area contributed by atoms with E-state index in [0.29, 0.717) is 0 Å². The zero-order valence-corrected chi connectivity index (χ0v) is 10.2. The highest BCUT2D eigenvalue weighted by molar-refractivity contribution is 4.81. The highest BCUT2D eigenvalue weighted by Gasteiger charge is 2.22. The minimum atomic E-state index is 0.783. The molecule has 1 fully saturated rings. The predicted octanol–water partition coefficient (Wildman–Crippen LogP) is 3.73. The average molecular weight is 197 g/mol. The van der Waals surface area contributed by atoms with Crippen molar-refractivity contribution < 1.29 is 0 Å². The van der Waals surface area contributed by atoms with Gasteiger partial charge in [0.1, 0.15) is 0 Å². The molecule has 1 saturated carbocycles. The lowest BCUT2D eigenvalue weighted by Gasteiger charge is -2.21. The van der Waals surface area contributed by atoms with Crippen LogP contribution >= 0.6 is 0 Å². The van der Waals surface area contributed by atoms with Crippen LogP contribution in [0.15, 0.2) is 0 Å². The molecule has 1 heteroatoms. The van der Waals surface area contributed by atoms with E-state index in [2.05, 4.69) is 26.1 Å². The van der Waals surface area contributed by atoms with Crippen LogP contribution in [0.3, 0.4) is 0 Å². The van der Waals surface area contributed by atoms with Gasteiger partial charge in [-0.1, -0.05) is 33.6 Å². The van der Waals surface area contributed by atoms with Gasteiger partial charge in [-0.3, -0.25) is 0 Å². The van der Waals surface area contributed by atoms with Crippen LogP contribution in [0.1, 0.15) is 65.7 Å². The standard InChI is InChI=1S/C13H27N/c1-4-6-7-12(5-2)14-13-9-8-11(3)10-13/h11-14H,4-10H2,1-3H3. The second-order valence-electron chi connectivity index (χ2n) is 5.03. The smallest absolute Gasteiger partial charge is 0.00722 e. The fourth-order valence-corrected chi connectivity index (χ4v) is 2.55. The van der Waals surface area contributed by atoms with Crippen LogP contribution in [0.5, 0.6) is 0 Å². The monoisotopic (exact) mass is 197 g/mol. The van der Waals surface area contributed by atoms with Crippen molar-refractivity contribution in [3.8, 4) is 0 Å². The Hall–Kier alpha value is -0.0400. The van der Waals surface area contributed by atoms with Gasteiger partial charge < -0.3 is 5.32 Å². The van der Waals surface area contributed by atoms with Gasteiger partial charge in [-0.2, -0.15) is 0 Å². The zero-order chi connectivity index (χ0) is 10.4. The van der Waals surface area contributed by atoms with Crippen LogP contribution in [0.4, 0.5) is 0 Å². The molecule has 0 saturated heterocycles. The van der Waals surface area contributed by atoms with E-state index in [4.69, 9.17) is 0 Å². The van der Waals surface area contributed by atoms with Gasteiger partial charge in [0.25, 0.3) is 0 Å². The summed E-state index contributed by atoms with van der Waals surface area (Å²) >= 11 is 0. The second-order valence-corrected chi connectivity index (χ2v) is 5.03. The van der Waals surface area contributed by atoms with E-state index in [1.54, 1.807) is 0 Å². The minimum absolute atomic E-state index is 0.783. The highest BCUT2D eigenvalue weighted by atomic mass is 15.0. The molecule has 84 valence electrons. The molecular formula is C13H27N. The van der Waals surface area contributed by atoms with Crippen molar-refractivity contribution in [3.05, 3.63) is 0 Å². The van der Waals surface area contributed by atoms with Gasteiger partial charge in [-0.25, -0.2) is 0 Å². The summed E-state index contributed by atoms with van der Waals surface area (Å²) in [6.45, 7) is 6.98. The highest BCUT2D eigenvalue weighted by Crippen LogP contribution is 2.25. The fraction of sp³-hybridized carbons (Fsp3) is 1.00. The molecule has 0 aliphatic heterocycles. The Morgan fingerprint density at radius 3 is 2.57 bits per heavy atom. The fourth-order valence-electron chi connectivity index (χ4n) is 2.55. The van der Waals surface area contributed by atoms with Gasteiger partial charge in [-0.15, -0.1) is 0 Å². The predicted molar refractivity (Wildman–Crippen MR) is 63.5 cm³/mol. The third-order valence-electron chi connectivity index (χ3n) is 3.57. The molecule has 1 rings (SSSR count). The van der Waals surface area contributed by atoms with Gasteiger partial charge in [0.05, 0.1) is 0 Å². The summed E-state index contributed by atoms with van der Waals surface area (Å²) in [4.78, 5) is 0. The van der Waals surface area contributed by atoms with E-state index in [9.17, 15) is 0 Å². The van der Waals surface area contributed by atoms with E-state index in [0.717, 1.165) is 18.0 Å². The van der Waals surface area contributed by atoms with Crippen molar-refractivity contribution in [2.75, 3.05) is 0 Å². The van der Waals surface area contributed by atoms with E-state index in [1.807, 2.05) is 0 Å². The quantitative estimate of drug-likeness (QED) is 0.684. The van der Waals surface area contributed by atoms with E-state index < -0.39 is 0 Å². The number of nitrogens with one attached hydrogen (secondary N) is 1. The van der Waals surface area contributed by atoms with Gasteiger partial charge in [-0.05, 0) is 38.0 Å². The Bertz CT molecular complexity index is 144. The first kappa shape index (κ1) is 12.0. The molecule has 3 atom stereocenters. The van der Waals surface area contributed by atoms with Gasteiger partial charge in [0, 0.05) is 12.1 Å². The summed E-state index contributed by atoms with van der Waals surface area (Å²) in [5, 5.41) is 3.83. The lowest BCUT2D eigenvalue weighted by atomic mass is 10.1. The maximum atomic E-state index is 3.83. The second kappa shape index (κ2) is 6.44. The molecule has 1 aliphatic rings. The lowest BCUT2D eigenvalue weighted by Crippen LogP contribution is -2.36. The number of hydrogen-bond donors (Lipinski definition) is 1. The van der Waals surface area contributed by atoms with Gasteiger partial charge in [0.2, 0.25) is 0 Å². The lowest BCUT2D eigenvalue weighted by molar-refractivity contribution is 0.387. The van der Waals surface area contributed by atoms with Crippen molar-refractivity contribution in [1.82, 2.24) is 5.32 Å². The Morgan fingerprint density at radius 1 is 1.29 bits per heavy atom. The summed E-state index contributed by atoms with van der Waals surface area (Å²) < 4.78 is 0. The van der Waals surface area contributed by atoms with Crippen molar-refractivity contribution >= 4 is 0 Å². The Morgan fingerprint density at radius 2 is 2.07 bits per heavy atom. The molecule has 1 N–H and O–H groups in total. The molecule has 0 heterocycles. The number of hydrogen-bond acceptors (Lipinski definition) is 1. The molecule has 0 amide bonds. The maximum Gasteiger partial charge on any atom is 0.00722 e. The Kier molecular flexibility index (Phi) is 5.54. The number of rotatable bonds is 6. The normalized spacial score (nSPS) is 29.4. The largest absolute Gasteiger partial charge is 0.311 e. The molecule has 0 aromatic carbocycles. The van der Waals surface area contributed by atoms with Crippen LogP contribution in [-0.2, 0) is 0 Å². The average Bonchev–Trinajstić information content (AvgIpc) is 2.58. The summed E-state index contributed by atoms with van der Waals surface area (Å²) in [5.74, 6) is 0.955. The zero-order valence-electron chi connectivity index (χ0n) is 10.2. The Balaban J connectivity index is 2.19. The van der Waals surface area contributed by atoms with Gasteiger partial charge in [0.15, 0.2) is 0 Å². The molecule has 0 bridgehead atoms. The molecule has 1 nitrogen and oxygen atoms in total. The van der Waals surface area contributed by atoms with E-state index in [1.165, 1.54) is 44.9 Å². The molecule has 1 aliphatic carbocycles. The van der Waals surface area contributed by atoms with Gasteiger partial charge >= 0.3 is 0 Å². The maximum absolute atomic E-state index is 3.83. The van der Waals surface area contributed by atoms with Crippen molar-refractivity contribution in [1.29, 1.82) is 0 Å². The molecule has 0 aromatic rings. The topological polar surface area (TPSA) is 12.0 Å². The van der Waals surface area contributed by atoms with Crippen molar-refractivity contribution in [2.45, 2.75) is 77.8 Å². The van der Waals surface area contributed by atoms with Crippen LogP contribution in [0.25, 0.3) is 0 Å². The molecule has 14 heavy (non-hydrogen) atoms. The number of unbranched alkanes of at least 4 members (excludes halogenated alkanes) is 1. The minimum Gasteiger partial charge on any atom is -0.311 e. The molecular weight excluding hydrogens is 170 g/mol. The summed E-state index contributed by atoms with van der Waals surface area (Å²) in [6, 6.07) is 1.61. The molecule has 0 spiro atoms. The Labute approximate surface area is 89.7 Å². The van der Waals surface area contributed by atoms with E-state index >= 15 is 0 Å². The van der Waals surface area contributed by atoms with Crippen LogP contribution in [0, 0.1) is 5.92 Å². The van der Waals surface area contributed by atoms with Crippen LogP contribution in [0.2, 0.25) is 0 Å². The third kappa shape index (κ3) is 4.00. The first-order chi connectivity index (χ1) is 6.76. The molecule has 3 unspecified atom stereocenters. The summed E-state index contributed by atoms with van der Waals surface area (Å²) in [7, 11) is 0. The molecule has 0 aromatic heterocycles. The van der Waals surface area contributed by atoms with Crippen LogP contribution < -0.4 is 5.32 Å². The first-order valence-electron chi connectivity index (χ1n) is 6.52. The summed E-state index contributed by atoms with van der Waals surface area (Å²) in [6.07, 6.45) is 9.63.